The maximum absolute atomic E-state index is 13.3. The van der Waals surface area contributed by atoms with Crippen LogP contribution in [0, 0.1) is 24.2 Å². The largest absolute Gasteiger partial charge is 0.466 e. The number of piperidine rings is 1. The van der Waals surface area contributed by atoms with Crippen molar-refractivity contribution >= 4 is 52.1 Å². The van der Waals surface area contributed by atoms with Gasteiger partial charge in [0.25, 0.3) is 11.5 Å². The van der Waals surface area contributed by atoms with Crippen LogP contribution in [0.25, 0.3) is 6.08 Å². The number of carbonyl (C=O) groups excluding carboxylic acids is 2. The van der Waals surface area contributed by atoms with E-state index in [0.29, 0.717) is 65.3 Å². The number of ether oxygens (including phenoxy) is 1. The fourth-order valence-corrected chi connectivity index (χ4v) is 5.43. The Balaban J connectivity index is 2.14. The minimum atomic E-state index is -0.323. The number of rotatable bonds is 7. The molecular weight excluding hydrogens is 472 g/mol. The molecule has 1 aromatic rings. The maximum atomic E-state index is 13.3. The Bertz CT molecular complexity index is 1130. The molecule has 182 valence electrons. The highest BCUT2D eigenvalue weighted by Gasteiger charge is 2.32. The van der Waals surface area contributed by atoms with Gasteiger partial charge in [0.15, 0.2) is 0 Å². The number of thioether (sulfide) groups is 1. The van der Waals surface area contributed by atoms with Crippen LogP contribution in [0.2, 0.25) is 0 Å². The predicted octanol–water partition coefficient (Wildman–Crippen LogP) is 3.44. The number of nitriles is 1. The van der Waals surface area contributed by atoms with E-state index in [9.17, 15) is 19.6 Å². The molecule has 3 rings (SSSR count). The summed E-state index contributed by atoms with van der Waals surface area (Å²) in [7, 11) is 1.63. The Hall–Kier alpha value is -2.64. The first-order chi connectivity index (χ1) is 16.2. The molecule has 2 fully saturated rings. The van der Waals surface area contributed by atoms with Gasteiger partial charge in [-0.2, -0.15) is 5.26 Å². The summed E-state index contributed by atoms with van der Waals surface area (Å²) >= 11 is 6.49. The first-order valence-corrected chi connectivity index (χ1v) is 12.8. The van der Waals surface area contributed by atoms with Gasteiger partial charge in [-0.05, 0) is 44.7 Å². The van der Waals surface area contributed by atoms with Crippen molar-refractivity contribution < 1.29 is 14.3 Å². The normalized spacial score (nSPS) is 18.0. The molecule has 0 unspecified atom stereocenters. The van der Waals surface area contributed by atoms with Crippen molar-refractivity contribution in [2.75, 3.05) is 31.6 Å². The molecule has 0 aromatic carbocycles. The lowest BCUT2D eigenvalue weighted by atomic mass is 9.95. The number of amides is 1. The molecule has 0 bridgehead atoms. The molecule has 0 radical (unpaired) electrons. The van der Waals surface area contributed by atoms with Crippen molar-refractivity contribution in [1.29, 1.82) is 5.26 Å². The topological polar surface area (TPSA) is 95.6 Å². The van der Waals surface area contributed by atoms with Crippen molar-refractivity contribution in [3.8, 4) is 6.07 Å². The quantitative estimate of drug-likeness (QED) is 0.318. The van der Waals surface area contributed by atoms with Crippen LogP contribution in [-0.4, -0.2) is 52.4 Å². The highest BCUT2D eigenvalue weighted by Crippen LogP contribution is 2.36. The molecule has 1 amide bonds. The summed E-state index contributed by atoms with van der Waals surface area (Å²) < 4.78 is 7.33. The van der Waals surface area contributed by atoms with Gasteiger partial charge in [-0.1, -0.05) is 37.3 Å². The monoisotopic (exact) mass is 502 g/mol. The Morgan fingerprint density at radius 1 is 1.29 bits per heavy atom. The standard InChI is InChI=1S/C24H30N4O4S2/c1-5-7-10-28-20(27-11-8-16(9-12-27)23(31)32-6-2)17(15(3)18(14-25)21(28)29)13-19-22(30)26(4)24(33)34-19/h13,16H,5-12H2,1-4H3/b19-13+. The highest BCUT2D eigenvalue weighted by molar-refractivity contribution is 8.26. The van der Waals surface area contributed by atoms with Crippen molar-refractivity contribution in [1.82, 2.24) is 9.47 Å². The number of esters is 1. The van der Waals surface area contributed by atoms with Crippen LogP contribution in [-0.2, 0) is 20.9 Å². The molecule has 2 aliphatic rings. The Kier molecular flexibility index (Phi) is 8.55. The van der Waals surface area contributed by atoms with Gasteiger partial charge < -0.3 is 9.64 Å². The number of aromatic nitrogens is 1. The van der Waals surface area contributed by atoms with E-state index in [2.05, 4.69) is 11.0 Å². The second-order valence-corrected chi connectivity index (χ2v) is 10.1. The lowest BCUT2D eigenvalue weighted by Gasteiger charge is -2.35. The molecule has 0 aliphatic carbocycles. The van der Waals surface area contributed by atoms with Gasteiger partial charge >= 0.3 is 5.97 Å². The maximum Gasteiger partial charge on any atom is 0.309 e. The number of hydrogen-bond donors (Lipinski definition) is 0. The van der Waals surface area contributed by atoms with Crippen LogP contribution in [0.1, 0.15) is 56.2 Å². The van der Waals surface area contributed by atoms with Crippen molar-refractivity contribution in [3.63, 3.8) is 0 Å². The van der Waals surface area contributed by atoms with Gasteiger partial charge in [-0.3, -0.25) is 23.9 Å². The molecule has 0 spiro atoms. The van der Waals surface area contributed by atoms with Crippen molar-refractivity contribution in [3.05, 3.63) is 31.9 Å². The zero-order valence-corrected chi connectivity index (χ0v) is 21.7. The Morgan fingerprint density at radius 2 is 1.97 bits per heavy atom. The second kappa shape index (κ2) is 11.2. The summed E-state index contributed by atoms with van der Waals surface area (Å²) in [5.41, 5.74) is 0.982. The van der Waals surface area contributed by atoms with E-state index in [1.54, 1.807) is 31.5 Å². The highest BCUT2D eigenvalue weighted by atomic mass is 32.2. The number of pyridine rings is 1. The zero-order chi connectivity index (χ0) is 25.0. The van der Waals surface area contributed by atoms with Crippen LogP contribution in [0.15, 0.2) is 9.70 Å². The first kappa shape index (κ1) is 26.0. The molecule has 3 heterocycles. The van der Waals surface area contributed by atoms with Crippen molar-refractivity contribution in [2.24, 2.45) is 5.92 Å². The molecule has 34 heavy (non-hydrogen) atoms. The molecule has 0 saturated carbocycles. The van der Waals surface area contributed by atoms with Gasteiger partial charge in [0.1, 0.15) is 21.8 Å². The predicted molar refractivity (Wildman–Crippen MR) is 138 cm³/mol. The van der Waals surface area contributed by atoms with Crippen LogP contribution in [0.5, 0.6) is 0 Å². The summed E-state index contributed by atoms with van der Waals surface area (Å²) in [6.45, 7) is 7.53. The minimum absolute atomic E-state index is 0.0829. The van der Waals surface area contributed by atoms with Crippen LogP contribution < -0.4 is 10.5 Å². The van der Waals surface area contributed by atoms with E-state index in [1.807, 2.05) is 6.92 Å². The summed E-state index contributed by atoms with van der Waals surface area (Å²) in [5.74, 6) is 0.129. The van der Waals surface area contributed by atoms with E-state index < -0.39 is 0 Å². The van der Waals surface area contributed by atoms with Gasteiger partial charge in [0.2, 0.25) is 0 Å². The van der Waals surface area contributed by atoms with Gasteiger partial charge in [-0.15, -0.1) is 0 Å². The second-order valence-electron chi connectivity index (χ2n) is 8.41. The molecule has 0 N–H and O–H groups in total. The number of carbonyl (C=O) groups is 2. The number of anilines is 1. The van der Waals surface area contributed by atoms with E-state index in [4.69, 9.17) is 17.0 Å². The number of hydrogen-bond acceptors (Lipinski definition) is 8. The molecule has 8 nitrogen and oxygen atoms in total. The third-order valence-electron chi connectivity index (χ3n) is 6.26. The van der Waals surface area contributed by atoms with Gasteiger partial charge in [0.05, 0.1) is 17.4 Å². The number of nitrogens with zero attached hydrogens (tertiary/aromatic N) is 4. The molecule has 1 aromatic heterocycles. The average Bonchev–Trinajstić information content (AvgIpc) is 3.07. The van der Waals surface area contributed by atoms with Crippen LogP contribution in [0.4, 0.5) is 5.82 Å². The first-order valence-electron chi connectivity index (χ1n) is 11.6. The average molecular weight is 503 g/mol. The zero-order valence-electron chi connectivity index (χ0n) is 20.0. The van der Waals surface area contributed by atoms with E-state index in [0.717, 1.165) is 12.8 Å². The molecule has 2 saturated heterocycles. The van der Waals surface area contributed by atoms with Crippen molar-refractivity contribution in [2.45, 2.75) is 53.0 Å². The summed E-state index contributed by atoms with van der Waals surface area (Å²) in [6, 6.07) is 2.07. The third kappa shape index (κ3) is 5.05. The van der Waals surface area contributed by atoms with E-state index >= 15 is 0 Å². The van der Waals surface area contributed by atoms with E-state index in [-0.39, 0.29) is 28.9 Å². The molecule has 2 aliphatic heterocycles. The third-order valence-corrected chi connectivity index (χ3v) is 7.74. The Morgan fingerprint density at radius 3 is 2.50 bits per heavy atom. The van der Waals surface area contributed by atoms with E-state index in [1.165, 1.54) is 16.7 Å². The molecule has 10 heteroatoms. The summed E-state index contributed by atoms with van der Waals surface area (Å²) in [5, 5.41) is 9.77. The summed E-state index contributed by atoms with van der Waals surface area (Å²) in [4.78, 5) is 42.3. The SMILES string of the molecule is CCCCn1c(N2CCC(C(=O)OCC)CC2)c(/C=C2/SC(=S)N(C)C2=O)c(C)c(C#N)c1=O. The van der Waals surface area contributed by atoms with Crippen LogP contribution >= 0.6 is 24.0 Å². The fraction of sp³-hybridized carbons (Fsp3) is 0.542. The van der Waals surface area contributed by atoms with Crippen LogP contribution in [0.3, 0.4) is 0 Å². The molecular formula is C24H30N4O4S2. The Labute approximate surface area is 209 Å². The fourth-order valence-electron chi connectivity index (χ4n) is 4.27. The van der Waals surface area contributed by atoms with Gasteiger partial charge in [-0.25, -0.2) is 0 Å². The lowest BCUT2D eigenvalue weighted by Crippen LogP contribution is -2.41. The number of likely N-dealkylation sites (N-methyl/N-ethyl adjacent to an activating group) is 1. The van der Waals surface area contributed by atoms with Gasteiger partial charge in [0, 0.05) is 32.2 Å². The number of thiocarbonyl (C=S) groups is 1. The lowest BCUT2D eigenvalue weighted by molar-refractivity contribution is -0.148. The smallest absolute Gasteiger partial charge is 0.309 e. The minimum Gasteiger partial charge on any atom is -0.466 e. The summed E-state index contributed by atoms with van der Waals surface area (Å²) in [6.07, 6.45) is 4.63. The molecule has 0 atom stereocenters. The number of unbranched alkanes of at least 4 members (excludes halogenated alkanes) is 1.